The van der Waals surface area contributed by atoms with Crippen molar-refractivity contribution in [3.8, 4) is 0 Å². The van der Waals surface area contributed by atoms with E-state index in [-0.39, 0.29) is 6.10 Å². The van der Waals surface area contributed by atoms with Crippen molar-refractivity contribution in [1.82, 2.24) is 10.2 Å². The minimum Gasteiger partial charge on any atom is -0.393 e. The van der Waals surface area contributed by atoms with Crippen LogP contribution in [0.25, 0.3) is 0 Å². The lowest BCUT2D eigenvalue weighted by Gasteiger charge is -2.18. The molecule has 2 rings (SSSR count). The summed E-state index contributed by atoms with van der Waals surface area (Å²) in [7, 11) is 0. The van der Waals surface area contributed by atoms with Crippen LogP contribution in [0.2, 0.25) is 0 Å². The highest BCUT2D eigenvalue weighted by molar-refractivity contribution is 5.14. The average molecular weight is 290 g/mol. The predicted molar refractivity (Wildman–Crippen MR) is 88.5 cm³/mol. The van der Waals surface area contributed by atoms with Crippen LogP contribution in [-0.2, 0) is 6.42 Å². The molecule has 1 heterocycles. The van der Waals surface area contributed by atoms with E-state index in [0.29, 0.717) is 12.0 Å². The van der Waals surface area contributed by atoms with E-state index < -0.39 is 0 Å². The highest BCUT2D eigenvalue weighted by Crippen LogP contribution is 2.11. The Bertz CT molecular complexity index is 393. The summed E-state index contributed by atoms with van der Waals surface area (Å²) in [6.07, 6.45) is 3.05. The van der Waals surface area contributed by atoms with Crippen LogP contribution < -0.4 is 5.32 Å². The maximum absolute atomic E-state index is 9.81. The molecule has 0 radical (unpaired) electrons. The van der Waals surface area contributed by atoms with E-state index in [1.807, 2.05) is 0 Å². The first-order valence-corrected chi connectivity index (χ1v) is 8.33. The summed E-state index contributed by atoms with van der Waals surface area (Å²) in [6, 6.07) is 11.3. The fourth-order valence-electron chi connectivity index (χ4n) is 2.90. The van der Waals surface area contributed by atoms with Gasteiger partial charge in [0.25, 0.3) is 0 Å². The van der Waals surface area contributed by atoms with Gasteiger partial charge in [-0.3, -0.25) is 0 Å². The maximum atomic E-state index is 9.81. The van der Waals surface area contributed by atoms with Crippen molar-refractivity contribution in [2.75, 3.05) is 26.2 Å². The molecule has 1 aliphatic rings. The molecule has 0 saturated carbocycles. The van der Waals surface area contributed by atoms with Crippen LogP contribution in [-0.4, -0.2) is 48.3 Å². The molecule has 21 heavy (non-hydrogen) atoms. The molecule has 0 amide bonds. The number of likely N-dealkylation sites (tertiary alicyclic amines) is 1. The Balaban J connectivity index is 1.60. The molecular weight excluding hydrogens is 260 g/mol. The molecule has 2 N–H and O–H groups in total. The average Bonchev–Trinajstić information content (AvgIpc) is 2.94. The molecule has 118 valence electrons. The second-order valence-electron chi connectivity index (χ2n) is 6.58. The van der Waals surface area contributed by atoms with Gasteiger partial charge in [-0.1, -0.05) is 44.2 Å². The van der Waals surface area contributed by atoms with Gasteiger partial charge in [-0.2, -0.15) is 0 Å². The molecule has 2 atom stereocenters. The fraction of sp³-hybridized carbons (Fsp3) is 0.667. The highest BCUT2D eigenvalue weighted by Gasteiger charge is 2.21. The number of rotatable bonds is 8. The Hall–Kier alpha value is -0.900. The third-order valence-corrected chi connectivity index (χ3v) is 4.47. The van der Waals surface area contributed by atoms with Crippen molar-refractivity contribution in [2.24, 2.45) is 5.92 Å². The standard InChI is InChI=1S/C18H30N2O/c1-15(2)18(21)8-11-19-17-10-13-20(14-17)12-9-16-6-4-3-5-7-16/h3-7,15,17-19,21H,8-14H2,1-2H3. The lowest BCUT2D eigenvalue weighted by atomic mass is 10.0. The highest BCUT2D eigenvalue weighted by atomic mass is 16.3. The van der Waals surface area contributed by atoms with Gasteiger partial charge in [0.05, 0.1) is 6.10 Å². The summed E-state index contributed by atoms with van der Waals surface area (Å²) in [6.45, 7) is 8.56. The molecule has 1 fully saturated rings. The molecule has 0 bridgehead atoms. The van der Waals surface area contributed by atoms with Gasteiger partial charge in [-0.15, -0.1) is 0 Å². The van der Waals surface area contributed by atoms with E-state index in [1.54, 1.807) is 0 Å². The van der Waals surface area contributed by atoms with Crippen LogP contribution in [0.15, 0.2) is 30.3 Å². The van der Waals surface area contributed by atoms with E-state index in [0.717, 1.165) is 32.5 Å². The first-order valence-electron chi connectivity index (χ1n) is 8.33. The minimum absolute atomic E-state index is 0.173. The van der Waals surface area contributed by atoms with Gasteiger partial charge < -0.3 is 15.3 Å². The predicted octanol–water partition coefficient (Wildman–Crippen LogP) is 2.30. The number of aliphatic hydroxyl groups is 1. The summed E-state index contributed by atoms with van der Waals surface area (Å²) in [4.78, 5) is 2.55. The van der Waals surface area contributed by atoms with E-state index in [2.05, 4.69) is 54.4 Å². The Kier molecular flexibility index (Phi) is 6.68. The molecule has 1 aromatic carbocycles. The van der Waals surface area contributed by atoms with Crippen LogP contribution in [0.3, 0.4) is 0 Å². The summed E-state index contributed by atoms with van der Waals surface area (Å²) < 4.78 is 0. The van der Waals surface area contributed by atoms with Gasteiger partial charge in [0.1, 0.15) is 0 Å². The molecule has 3 nitrogen and oxygen atoms in total. The van der Waals surface area contributed by atoms with Gasteiger partial charge in [0.2, 0.25) is 0 Å². The van der Waals surface area contributed by atoms with Crippen LogP contribution in [0, 0.1) is 5.92 Å². The molecule has 1 aromatic rings. The molecule has 0 spiro atoms. The molecule has 1 saturated heterocycles. The van der Waals surface area contributed by atoms with E-state index >= 15 is 0 Å². The van der Waals surface area contributed by atoms with Gasteiger partial charge >= 0.3 is 0 Å². The van der Waals surface area contributed by atoms with Crippen molar-refractivity contribution >= 4 is 0 Å². The van der Waals surface area contributed by atoms with Crippen molar-refractivity contribution in [2.45, 2.75) is 45.3 Å². The van der Waals surface area contributed by atoms with Gasteiger partial charge in [-0.25, -0.2) is 0 Å². The molecule has 2 unspecified atom stereocenters. The quantitative estimate of drug-likeness (QED) is 0.771. The third kappa shape index (κ3) is 5.77. The van der Waals surface area contributed by atoms with Crippen molar-refractivity contribution in [1.29, 1.82) is 0 Å². The largest absolute Gasteiger partial charge is 0.393 e. The summed E-state index contributed by atoms with van der Waals surface area (Å²) in [5.74, 6) is 0.359. The van der Waals surface area contributed by atoms with Crippen LogP contribution in [0.5, 0.6) is 0 Å². The zero-order valence-corrected chi connectivity index (χ0v) is 13.5. The lowest BCUT2D eigenvalue weighted by Crippen LogP contribution is -2.35. The zero-order chi connectivity index (χ0) is 15.1. The van der Waals surface area contributed by atoms with Crippen molar-refractivity contribution < 1.29 is 5.11 Å². The number of nitrogens with one attached hydrogen (secondary N) is 1. The monoisotopic (exact) mass is 290 g/mol. The van der Waals surface area contributed by atoms with Crippen LogP contribution >= 0.6 is 0 Å². The van der Waals surface area contributed by atoms with Gasteiger partial charge in [-0.05, 0) is 43.8 Å². The van der Waals surface area contributed by atoms with E-state index in [1.165, 1.54) is 18.5 Å². The smallest absolute Gasteiger partial charge is 0.0575 e. The number of hydrogen-bond acceptors (Lipinski definition) is 3. The number of nitrogens with zero attached hydrogens (tertiary/aromatic N) is 1. The fourth-order valence-corrected chi connectivity index (χ4v) is 2.90. The van der Waals surface area contributed by atoms with Gasteiger partial charge in [0.15, 0.2) is 0 Å². The van der Waals surface area contributed by atoms with Crippen LogP contribution in [0.1, 0.15) is 32.3 Å². The summed E-state index contributed by atoms with van der Waals surface area (Å²) in [5, 5.41) is 13.4. The summed E-state index contributed by atoms with van der Waals surface area (Å²) >= 11 is 0. The molecular formula is C18H30N2O. The molecule has 0 aliphatic carbocycles. The molecule has 3 heteroatoms. The number of aliphatic hydroxyl groups excluding tert-OH is 1. The second kappa shape index (κ2) is 8.52. The first kappa shape index (κ1) is 16.5. The zero-order valence-electron chi connectivity index (χ0n) is 13.5. The first-order chi connectivity index (χ1) is 10.1. The maximum Gasteiger partial charge on any atom is 0.0575 e. The SMILES string of the molecule is CC(C)C(O)CCNC1CCN(CCc2ccccc2)C1. The van der Waals surface area contributed by atoms with Gasteiger partial charge in [0, 0.05) is 19.1 Å². The lowest BCUT2D eigenvalue weighted by molar-refractivity contribution is 0.115. The third-order valence-electron chi connectivity index (χ3n) is 4.47. The Morgan fingerprint density at radius 1 is 1.29 bits per heavy atom. The van der Waals surface area contributed by atoms with E-state index in [9.17, 15) is 5.11 Å². The minimum atomic E-state index is -0.173. The molecule has 1 aliphatic heterocycles. The Labute approximate surface area is 129 Å². The summed E-state index contributed by atoms with van der Waals surface area (Å²) in [5.41, 5.74) is 1.42. The van der Waals surface area contributed by atoms with E-state index in [4.69, 9.17) is 0 Å². The van der Waals surface area contributed by atoms with Crippen LogP contribution in [0.4, 0.5) is 0 Å². The Morgan fingerprint density at radius 3 is 2.76 bits per heavy atom. The van der Waals surface area contributed by atoms with Crippen molar-refractivity contribution in [3.63, 3.8) is 0 Å². The normalized spacial score (nSPS) is 21.0. The second-order valence-corrected chi connectivity index (χ2v) is 6.58. The number of benzene rings is 1. The topological polar surface area (TPSA) is 35.5 Å². The Morgan fingerprint density at radius 2 is 2.05 bits per heavy atom. The molecule has 0 aromatic heterocycles. The van der Waals surface area contributed by atoms with Crippen molar-refractivity contribution in [3.05, 3.63) is 35.9 Å². The number of hydrogen-bond donors (Lipinski definition) is 2.